The average Bonchev–Trinajstić information content (AvgIpc) is 3.36. The summed E-state index contributed by atoms with van der Waals surface area (Å²) in [5.74, 6) is -1.70. The van der Waals surface area contributed by atoms with E-state index in [2.05, 4.69) is 10.1 Å². The SMILES string of the molecule is CC(C)S(=O)(=O)n1c(N)nc2ccc(-c3[nH]n(-c4cc(F)ccc4F)c(=O)c3-c3ccccc3)cc21. The van der Waals surface area contributed by atoms with E-state index in [9.17, 15) is 22.0 Å². The summed E-state index contributed by atoms with van der Waals surface area (Å²) in [6.07, 6.45) is 0. The summed E-state index contributed by atoms with van der Waals surface area (Å²) in [7, 11) is -3.85. The second-order valence-corrected chi connectivity index (χ2v) is 10.8. The Kier molecular flexibility index (Phi) is 5.51. The summed E-state index contributed by atoms with van der Waals surface area (Å²) >= 11 is 0. The number of nitrogens with two attached hydrogens (primary N) is 1. The molecule has 36 heavy (non-hydrogen) atoms. The van der Waals surface area contributed by atoms with Crippen LogP contribution < -0.4 is 11.3 Å². The zero-order chi connectivity index (χ0) is 25.8. The number of hydrogen-bond donors (Lipinski definition) is 2. The van der Waals surface area contributed by atoms with Gasteiger partial charge in [-0.15, -0.1) is 0 Å². The van der Waals surface area contributed by atoms with Crippen LogP contribution in [0.25, 0.3) is 39.1 Å². The minimum absolute atomic E-state index is 0.188. The highest BCUT2D eigenvalue weighted by molar-refractivity contribution is 7.90. The van der Waals surface area contributed by atoms with Crippen molar-refractivity contribution in [3.8, 4) is 28.1 Å². The number of halogens is 2. The summed E-state index contributed by atoms with van der Waals surface area (Å²) in [5.41, 5.74) is 7.07. The quantitative estimate of drug-likeness (QED) is 0.367. The van der Waals surface area contributed by atoms with E-state index in [0.717, 1.165) is 26.9 Å². The summed E-state index contributed by atoms with van der Waals surface area (Å²) in [4.78, 5) is 17.7. The lowest BCUT2D eigenvalue weighted by molar-refractivity contribution is 0.580. The van der Waals surface area contributed by atoms with Gasteiger partial charge in [-0.1, -0.05) is 36.4 Å². The summed E-state index contributed by atoms with van der Waals surface area (Å²) in [6.45, 7) is 3.06. The summed E-state index contributed by atoms with van der Waals surface area (Å²) < 4.78 is 56.4. The lowest BCUT2D eigenvalue weighted by Crippen LogP contribution is -2.23. The Balaban J connectivity index is 1.82. The maximum absolute atomic E-state index is 14.6. The van der Waals surface area contributed by atoms with E-state index in [-0.39, 0.29) is 28.4 Å². The molecule has 11 heteroatoms. The van der Waals surface area contributed by atoms with Gasteiger partial charge in [-0.2, -0.15) is 0 Å². The molecule has 0 amide bonds. The Morgan fingerprint density at radius 2 is 1.69 bits per heavy atom. The van der Waals surface area contributed by atoms with E-state index in [4.69, 9.17) is 5.73 Å². The molecule has 0 aliphatic rings. The van der Waals surface area contributed by atoms with Crippen LogP contribution in [0.2, 0.25) is 0 Å². The molecule has 3 N–H and O–H groups in total. The molecule has 0 atom stereocenters. The summed E-state index contributed by atoms with van der Waals surface area (Å²) in [6, 6.07) is 16.3. The molecule has 0 saturated heterocycles. The van der Waals surface area contributed by atoms with Crippen molar-refractivity contribution in [2.75, 3.05) is 5.73 Å². The first-order valence-corrected chi connectivity index (χ1v) is 12.5. The molecule has 0 unspecified atom stereocenters. The molecule has 8 nitrogen and oxygen atoms in total. The van der Waals surface area contributed by atoms with Gasteiger partial charge in [-0.25, -0.2) is 30.8 Å². The third-order valence-corrected chi connectivity index (χ3v) is 7.96. The van der Waals surface area contributed by atoms with E-state index < -0.39 is 32.5 Å². The highest BCUT2D eigenvalue weighted by Gasteiger charge is 2.26. The van der Waals surface area contributed by atoms with Crippen LogP contribution >= 0.6 is 0 Å². The van der Waals surface area contributed by atoms with Gasteiger partial charge in [0.25, 0.3) is 5.56 Å². The molecule has 2 heterocycles. The number of nitrogens with zero attached hydrogens (tertiary/aromatic N) is 3. The van der Waals surface area contributed by atoms with Crippen LogP contribution in [0.4, 0.5) is 14.7 Å². The van der Waals surface area contributed by atoms with Gasteiger partial charge in [0.05, 0.1) is 27.5 Å². The van der Waals surface area contributed by atoms with Gasteiger partial charge in [0, 0.05) is 11.6 Å². The molecular weight excluding hydrogens is 488 g/mol. The second-order valence-electron chi connectivity index (χ2n) is 8.50. The van der Waals surface area contributed by atoms with Crippen LogP contribution in [0.5, 0.6) is 0 Å². The van der Waals surface area contributed by atoms with Crippen LogP contribution in [0.1, 0.15) is 13.8 Å². The average molecular weight is 510 g/mol. The van der Waals surface area contributed by atoms with Gasteiger partial charge in [0.1, 0.15) is 17.3 Å². The van der Waals surface area contributed by atoms with Crippen molar-refractivity contribution in [1.82, 2.24) is 18.7 Å². The van der Waals surface area contributed by atoms with E-state index in [0.29, 0.717) is 16.6 Å². The first-order valence-electron chi connectivity index (χ1n) is 11.0. The maximum atomic E-state index is 14.6. The molecule has 0 bridgehead atoms. The highest BCUT2D eigenvalue weighted by atomic mass is 32.2. The summed E-state index contributed by atoms with van der Waals surface area (Å²) in [5, 5.41) is 2.12. The van der Waals surface area contributed by atoms with Crippen LogP contribution in [0, 0.1) is 11.6 Å². The second kappa shape index (κ2) is 8.45. The number of hydrogen-bond acceptors (Lipinski definition) is 5. The minimum Gasteiger partial charge on any atom is -0.368 e. The number of nitrogens with one attached hydrogen (secondary N) is 1. The number of rotatable bonds is 5. The van der Waals surface area contributed by atoms with Crippen molar-refractivity contribution < 1.29 is 17.2 Å². The molecule has 184 valence electrons. The first kappa shape index (κ1) is 23.5. The smallest absolute Gasteiger partial charge is 0.279 e. The molecule has 0 saturated carbocycles. The molecule has 0 aliphatic carbocycles. The highest BCUT2D eigenvalue weighted by Crippen LogP contribution is 2.32. The Bertz CT molecular complexity index is 1790. The van der Waals surface area contributed by atoms with Crippen molar-refractivity contribution >= 4 is 27.0 Å². The van der Waals surface area contributed by atoms with Crippen LogP contribution in [0.15, 0.2) is 71.5 Å². The Labute approximate surface area is 204 Å². The predicted molar refractivity (Wildman–Crippen MR) is 134 cm³/mol. The van der Waals surface area contributed by atoms with Gasteiger partial charge >= 0.3 is 0 Å². The molecule has 5 rings (SSSR count). The molecule has 0 fully saturated rings. The Morgan fingerprint density at radius 3 is 2.39 bits per heavy atom. The maximum Gasteiger partial charge on any atom is 0.279 e. The number of anilines is 1. The van der Waals surface area contributed by atoms with Crippen LogP contribution in [-0.2, 0) is 10.0 Å². The zero-order valence-corrected chi connectivity index (χ0v) is 20.1. The molecular formula is C25H21F2N5O3S. The third-order valence-electron chi connectivity index (χ3n) is 5.88. The van der Waals surface area contributed by atoms with Crippen molar-refractivity contribution in [2.24, 2.45) is 0 Å². The molecule has 0 radical (unpaired) electrons. The van der Waals surface area contributed by atoms with E-state index in [1.54, 1.807) is 48.5 Å². The largest absolute Gasteiger partial charge is 0.368 e. The number of aromatic amines is 1. The van der Waals surface area contributed by atoms with Gasteiger partial charge in [-0.3, -0.25) is 9.89 Å². The number of fused-ring (bicyclic) bond motifs is 1. The van der Waals surface area contributed by atoms with Crippen LogP contribution in [-0.4, -0.2) is 32.4 Å². The Hall–Kier alpha value is -4.25. The topological polar surface area (TPSA) is 116 Å². The number of nitrogen functional groups attached to an aromatic ring is 1. The van der Waals surface area contributed by atoms with Crippen molar-refractivity contribution in [3.63, 3.8) is 0 Å². The minimum atomic E-state index is -3.85. The molecule has 5 aromatic rings. The van der Waals surface area contributed by atoms with Crippen molar-refractivity contribution in [3.05, 3.63) is 88.7 Å². The molecule has 0 aliphatic heterocycles. The van der Waals surface area contributed by atoms with Crippen molar-refractivity contribution in [1.29, 1.82) is 0 Å². The molecule has 2 aromatic heterocycles. The number of H-pyrrole nitrogens is 1. The zero-order valence-electron chi connectivity index (χ0n) is 19.2. The van der Waals surface area contributed by atoms with Gasteiger partial charge in [0.2, 0.25) is 16.0 Å². The monoisotopic (exact) mass is 509 g/mol. The lowest BCUT2D eigenvalue weighted by Gasteiger charge is -2.11. The predicted octanol–water partition coefficient (Wildman–Crippen LogP) is 4.30. The number of benzene rings is 3. The van der Waals surface area contributed by atoms with Gasteiger partial charge in [0.15, 0.2) is 0 Å². The third kappa shape index (κ3) is 3.68. The van der Waals surface area contributed by atoms with Crippen molar-refractivity contribution in [2.45, 2.75) is 19.1 Å². The fourth-order valence-electron chi connectivity index (χ4n) is 4.05. The fraction of sp³-hybridized carbons (Fsp3) is 0.120. The van der Waals surface area contributed by atoms with Gasteiger partial charge in [-0.05, 0) is 43.7 Å². The molecule has 3 aromatic carbocycles. The van der Waals surface area contributed by atoms with E-state index in [1.807, 2.05) is 0 Å². The molecule has 0 spiro atoms. The van der Waals surface area contributed by atoms with E-state index >= 15 is 0 Å². The van der Waals surface area contributed by atoms with E-state index in [1.165, 1.54) is 13.8 Å². The Morgan fingerprint density at radius 1 is 0.972 bits per heavy atom. The standard InChI is InChI=1S/C25H21F2N5O3S/c1-14(2)36(34,35)32-21-12-16(8-11-19(21)29-25(32)28)23-22(15-6-4-3-5-7-15)24(33)31(30-23)20-13-17(26)9-10-18(20)27/h3-14,30H,1-2H3,(H2,28,29). The fourth-order valence-corrected chi connectivity index (χ4v) is 5.20. The lowest BCUT2D eigenvalue weighted by atomic mass is 10.0. The number of aromatic nitrogens is 4. The van der Waals surface area contributed by atoms with Gasteiger partial charge < -0.3 is 5.73 Å². The normalized spacial score (nSPS) is 12.0. The van der Waals surface area contributed by atoms with Crippen LogP contribution in [0.3, 0.4) is 0 Å². The number of imidazole rings is 1. The first-order chi connectivity index (χ1) is 17.1.